The average molecular weight is 469 g/mol. The van der Waals surface area contributed by atoms with Crippen LogP contribution in [-0.2, 0) is 21.5 Å². The number of piperidine rings is 1. The van der Waals surface area contributed by atoms with E-state index in [1.54, 1.807) is 0 Å². The summed E-state index contributed by atoms with van der Waals surface area (Å²) in [4.78, 5) is 21.2. The number of nitrogens with one attached hydrogen (secondary N) is 2. The summed E-state index contributed by atoms with van der Waals surface area (Å²) in [6.45, 7) is 8.91. The van der Waals surface area contributed by atoms with Crippen LogP contribution in [-0.4, -0.2) is 73.4 Å². The van der Waals surface area contributed by atoms with E-state index >= 15 is 0 Å². The summed E-state index contributed by atoms with van der Waals surface area (Å²) in [6, 6.07) is 2.49. The molecule has 0 atom stereocenters. The van der Waals surface area contributed by atoms with Gasteiger partial charge in [0.15, 0.2) is 11.5 Å². The van der Waals surface area contributed by atoms with Crippen molar-refractivity contribution in [3.8, 4) is 0 Å². The van der Waals surface area contributed by atoms with Crippen molar-refractivity contribution >= 4 is 41.1 Å². The zero-order chi connectivity index (χ0) is 22.6. The Morgan fingerprint density at radius 3 is 2.65 bits per heavy atom. The fourth-order valence-electron chi connectivity index (χ4n) is 3.34. The molecule has 0 spiro atoms. The largest absolute Gasteiger partial charge is 0.361 e. The van der Waals surface area contributed by atoms with Crippen molar-refractivity contribution in [2.24, 2.45) is 0 Å². The van der Waals surface area contributed by atoms with Crippen LogP contribution >= 0.6 is 0 Å². The van der Waals surface area contributed by atoms with Crippen LogP contribution in [0.15, 0.2) is 18.5 Å². The molecule has 0 aromatic carbocycles. The Kier molecular flexibility index (Phi) is 7.34. The first kappa shape index (κ1) is 23.6. The van der Waals surface area contributed by atoms with Gasteiger partial charge in [-0.15, -0.1) is 0 Å². The lowest BCUT2D eigenvalue weighted by molar-refractivity contribution is 0.0899. The fraction of sp³-hybridized carbons (Fsp3) is 0.632. The fourth-order valence-corrected chi connectivity index (χ4v) is 4.97. The van der Waals surface area contributed by atoms with Crippen molar-refractivity contribution < 1.29 is 17.9 Å². The van der Waals surface area contributed by atoms with Gasteiger partial charge < -0.3 is 14.6 Å². The van der Waals surface area contributed by atoms with Crippen LogP contribution < -0.4 is 10.6 Å². The topological polar surface area (TPSA) is 118 Å². The van der Waals surface area contributed by atoms with Gasteiger partial charge in [0.25, 0.3) is 0 Å². The first-order valence-corrected chi connectivity index (χ1v) is 16.0. The van der Waals surface area contributed by atoms with E-state index in [0.717, 1.165) is 12.7 Å². The van der Waals surface area contributed by atoms with Crippen LogP contribution in [0.25, 0.3) is 11.2 Å². The summed E-state index contributed by atoms with van der Waals surface area (Å²) in [6.07, 6.45) is 5.75. The number of hydrogen-bond acceptors (Lipinski definition) is 6. The van der Waals surface area contributed by atoms with E-state index in [2.05, 4.69) is 40.2 Å². The quantitative estimate of drug-likeness (QED) is 0.453. The van der Waals surface area contributed by atoms with Crippen LogP contribution in [0.1, 0.15) is 12.8 Å². The molecule has 31 heavy (non-hydrogen) atoms. The van der Waals surface area contributed by atoms with Gasteiger partial charge in [0.1, 0.15) is 12.2 Å². The third-order valence-electron chi connectivity index (χ3n) is 5.19. The molecule has 1 saturated heterocycles. The van der Waals surface area contributed by atoms with Gasteiger partial charge in [-0.1, -0.05) is 19.6 Å². The molecular weight excluding hydrogens is 436 g/mol. The molecule has 10 nitrogen and oxygen atoms in total. The van der Waals surface area contributed by atoms with E-state index in [0.29, 0.717) is 49.6 Å². The molecule has 3 rings (SSSR count). The van der Waals surface area contributed by atoms with Gasteiger partial charge in [-0.3, -0.25) is 5.32 Å². The van der Waals surface area contributed by atoms with Gasteiger partial charge in [-0.05, 0) is 25.0 Å². The second-order valence-corrected chi connectivity index (χ2v) is 16.7. The summed E-state index contributed by atoms with van der Waals surface area (Å²) in [5, 5.41) is 5.59. The summed E-state index contributed by atoms with van der Waals surface area (Å²) >= 11 is 0. The number of carbonyl (C=O) groups excluding carboxylic acids is 1. The molecule has 2 N–H and O–H groups in total. The SMILES string of the molecule is C[Si](C)(C)CCOCn1ccc2nc(NC(=O)NC3CCN(S(C)(=O)=O)CC3)cnc21. The lowest BCUT2D eigenvalue weighted by atomic mass is 10.1. The van der Waals surface area contributed by atoms with E-state index in [1.807, 2.05) is 16.8 Å². The van der Waals surface area contributed by atoms with E-state index < -0.39 is 18.1 Å². The minimum absolute atomic E-state index is 0.0796. The number of sulfonamides is 1. The number of ether oxygens (including phenoxy) is 1. The molecule has 0 aliphatic carbocycles. The van der Waals surface area contributed by atoms with E-state index in [1.165, 1.54) is 16.8 Å². The number of carbonyl (C=O) groups is 1. The minimum Gasteiger partial charge on any atom is -0.361 e. The molecular formula is C19H32N6O4SSi. The number of aromatic nitrogens is 3. The van der Waals surface area contributed by atoms with Crippen molar-refractivity contribution in [1.29, 1.82) is 0 Å². The van der Waals surface area contributed by atoms with Crippen molar-refractivity contribution in [2.75, 3.05) is 31.3 Å². The monoisotopic (exact) mass is 468 g/mol. The Morgan fingerprint density at radius 2 is 2.00 bits per heavy atom. The van der Waals surface area contributed by atoms with Crippen molar-refractivity contribution in [3.05, 3.63) is 18.5 Å². The smallest absolute Gasteiger partial charge is 0.320 e. The number of amides is 2. The molecule has 0 unspecified atom stereocenters. The molecule has 0 radical (unpaired) electrons. The van der Waals surface area contributed by atoms with Crippen LogP contribution in [0.4, 0.5) is 10.6 Å². The first-order valence-electron chi connectivity index (χ1n) is 10.4. The number of fused-ring (bicyclic) bond motifs is 1. The van der Waals surface area contributed by atoms with E-state index in [-0.39, 0.29) is 12.1 Å². The highest BCUT2D eigenvalue weighted by Gasteiger charge is 2.25. The molecule has 1 aliphatic heterocycles. The molecule has 3 heterocycles. The Balaban J connectivity index is 1.50. The van der Waals surface area contributed by atoms with Gasteiger partial charge >= 0.3 is 6.03 Å². The zero-order valence-corrected chi connectivity index (χ0v) is 20.4. The maximum Gasteiger partial charge on any atom is 0.320 e. The number of hydrogen-bond donors (Lipinski definition) is 2. The van der Waals surface area contributed by atoms with Crippen LogP contribution in [0.5, 0.6) is 0 Å². The summed E-state index contributed by atoms with van der Waals surface area (Å²) < 4.78 is 32.3. The van der Waals surface area contributed by atoms with Gasteiger partial charge in [0, 0.05) is 40.0 Å². The number of nitrogens with zero attached hydrogens (tertiary/aromatic N) is 4. The summed E-state index contributed by atoms with van der Waals surface area (Å²) in [5.74, 6) is 0.357. The third kappa shape index (κ3) is 6.99. The molecule has 2 aromatic rings. The number of anilines is 1. The highest BCUT2D eigenvalue weighted by Crippen LogP contribution is 2.16. The standard InChI is InChI=1S/C19H32N6O4SSi/c1-30(27,28)25-9-5-15(6-10-25)21-19(26)23-17-13-20-18-16(22-17)7-8-24(18)14-29-11-12-31(2,3)4/h7-8,13,15H,5-6,9-12,14H2,1-4H3,(H2,21,22,23,26). The average Bonchev–Trinajstić information content (AvgIpc) is 3.06. The third-order valence-corrected chi connectivity index (χ3v) is 8.20. The molecule has 172 valence electrons. The van der Waals surface area contributed by atoms with Gasteiger partial charge in [-0.2, -0.15) is 0 Å². The molecule has 0 saturated carbocycles. The zero-order valence-electron chi connectivity index (χ0n) is 18.6. The predicted molar refractivity (Wildman–Crippen MR) is 123 cm³/mol. The molecule has 2 amide bonds. The van der Waals surface area contributed by atoms with Crippen LogP contribution in [0.2, 0.25) is 25.7 Å². The molecule has 2 aromatic heterocycles. The van der Waals surface area contributed by atoms with Gasteiger partial charge in [-0.25, -0.2) is 27.5 Å². The summed E-state index contributed by atoms with van der Waals surface area (Å²) in [5.41, 5.74) is 1.38. The first-order chi connectivity index (χ1) is 14.5. The van der Waals surface area contributed by atoms with Gasteiger partial charge in [0.05, 0.1) is 12.5 Å². The van der Waals surface area contributed by atoms with Crippen molar-refractivity contribution in [2.45, 2.75) is 51.3 Å². The lowest BCUT2D eigenvalue weighted by Gasteiger charge is -2.30. The highest BCUT2D eigenvalue weighted by molar-refractivity contribution is 7.88. The van der Waals surface area contributed by atoms with Crippen molar-refractivity contribution in [1.82, 2.24) is 24.2 Å². The van der Waals surface area contributed by atoms with Gasteiger partial charge in [0.2, 0.25) is 10.0 Å². The normalized spacial score (nSPS) is 16.5. The minimum atomic E-state index is -3.18. The Hall–Kier alpha value is -2.02. The van der Waals surface area contributed by atoms with Crippen LogP contribution in [0.3, 0.4) is 0 Å². The molecule has 0 bridgehead atoms. The predicted octanol–water partition coefficient (Wildman–Crippen LogP) is 2.29. The highest BCUT2D eigenvalue weighted by atomic mass is 32.2. The van der Waals surface area contributed by atoms with Crippen LogP contribution in [0, 0.1) is 0 Å². The molecule has 1 fully saturated rings. The molecule has 1 aliphatic rings. The maximum atomic E-state index is 12.3. The second kappa shape index (κ2) is 9.63. The Bertz CT molecular complexity index is 1010. The second-order valence-electron chi connectivity index (χ2n) is 9.13. The Labute approximate surface area is 184 Å². The summed E-state index contributed by atoms with van der Waals surface area (Å²) in [7, 11) is -4.30. The van der Waals surface area contributed by atoms with Crippen molar-refractivity contribution in [3.63, 3.8) is 0 Å². The van der Waals surface area contributed by atoms with E-state index in [4.69, 9.17) is 4.74 Å². The number of rotatable bonds is 8. The maximum absolute atomic E-state index is 12.3. The lowest BCUT2D eigenvalue weighted by Crippen LogP contribution is -2.47. The Morgan fingerprint density at radius 1 is 1.29 bits per heavy atom. The number of urea groups is 1. The van der Waals surface area contributed by atoms with E-state index in [9.17, 15) is 13.2 Å². The molecule has 12 heteroatoms.